The topological polar surface area (TPSA) is 48.5 Å². The second kappa shape index (κ2) is 7.75. The molecule has 2 aliphatic heterocycles. The van der Waals surface area contributed by atoms with Gasteiger partial charge in [-0.15, -0.1) is 0 Å². The van der Waals surface area contributed by atoms with Crippen LogP contribution >= 0.6 is 0 Å². The summed E-state index contributed by atoms with van der Waals surface area (Å²) in [7, 11) is 0. The van der Waals surface area contributed by atoms with Crippen LogP contribution in [0.5, 0.6) is 0 Å². The Morgan fingerprint density at radius 1 is 1.24 bits per heavy atom. The van der Waals surface area contributed by atoms with E-state index in [1.807, 2.05) is 30.0 Å². The number of nitrogens with zero attached hydrogens (tertiary/aromatic N) is 3. The van der Waals surface area contributed by atoms with Crippen molar-refractivity contribution in [2.45, 2.75) is 51.6 Å². The predicted molar refractivity (Wildman–Crippen MR) is 113 cm³/mol. The Bertz CT molecular complexity index is 906. The van der Waals surface area contributed by atoms with Crippen LogP contribution in [-0.2, 0) is 12.0 Å². The normalized spacial score (nSPS) is 19.2. The molecular formula is C23H29FN4O. The lowest BCUT2D eigenvalue weighted by Crippen LogP contribution is -2.49. The number of pyridine rings is 1. The van der Waals surface area contributed by atoms with Crippen LogP contribution in [-0.4, -0.2) is 41.6 Å². The minimum Gasteiger partial charge on any atom is -0.335 e. The zero-order chi connectivity index (χ0) is 20.6. The van der Waals surface area contributed by atoms with Gasteiger partial charge in [-0.2, -0.15) is 0 Å². The van der Waals surface area contributed by atoms with E-state index >= 15 is 0 Å². The summed E-state index contributed by atoms with van der Waals surface area (Å²) in [4.78, 5) is 21.8. The van der Waals surface area contributed by atoms with Gasteiger partial charge in [-0.05, 0) is 49.6 Å². The largest absolute Gasteiger partial charge is 0.335 e. The zero-order valence-corrected chi connectivity index (χ0v) is 17.4. The van der Waals surface area contributed by atoms with E-state index in [1.54, 1.807) is 12.1 Å². The van der Waals surface area contributed by atoms with Gasteiger partial charge in [-0.25, -0.2) is 9.18 Å². The van der Waals surface area contributed by atoms with Gasteiger partial charge in [0, 0.05) is 43.3 Å². The number of benzene rings is 1. The molecule has 0 spiro atoms. The van der Waals surface area contributed by atoms with E-state index in [9.17, 15) is 9.18 Å². The van der Waals surface area contributed by atoms with Crippen LogP contribution in [0.25, 0.3) is 0 Å². The van der Waals surface area contributed by atoms with Gasteiger partial charge in [0.2, 0.25) is 0 Å². The Kier molecular flexibility index (Phi) is 5.30. The molecule has 0 radical (unpaired) electrons. The summed E-state index contributed by atoms with van der Waals surface area (Å²) in [6.45, 7) is 9.43. The van der Waals surface area contributed by atoms with Crippen LogP contribution in [0.1, 0.15) is 43.6 Å². The minimum absolute atomic E-state index is 0.0361. The highest BCUT2D eigenvalue weighted by Crippen LogP contribution is 2.39. The van der Waals surface area contributed by atoms with Gasteiger partial charge < -0.3 is 5.32 Å². The second-order valence-corrected chi connectivity index (χ2v) is 8.92. The molecule has 0 atom stereocenters. The smallest absolute Gasteiger partial charge is 0.322 e. The van der Waals surface area contributed by atoms with E-state index < -0.39 is 0 Å². The number of halogens is 1. The lowest BCUT2D eigenvalue weighted by Gasteiger charge is -2.33. The maximum Gasteiger partial charge on any atom is 0.322 e. The highest BCUT2D eigenvalue weighted by atomic mass is 19.1. The standard InChI is InChI=1S/C23H29FN4O/c1-16-7-8-20-21(25-16)23(2,3)15-28(20)22(29)26-19-9-11-27(12-10-19)14-17-5-4-6-18(24)13-17/h4-8,13,19H,9-12,14-15H2,1-3H3,(H,26,29). The van der Waals surface area contributed by atoms with E-state index in [2.05, 4.69) is 29.0 Å². The van der Waals surface area contributed by atoms with Crippen molar-refractivity contribution in [3.8, 4) is 0 Å². The molecule has 0 aliphatic carbocycles. The van der Waals surface area contributed by atoms with E-state index in [-0.39, 0.29) is 23.3 Å². The number of anilines is 1. The number of aromatic nitrogens is 1. The van der Waals surface area contributed by atoms with Crippen molar-refractivity contribution in [2.75, 3.05) is 24.5 Å². The van der Waals surface area contributed by atoms with Crippen LogP contribution in [0.2, 0.25) is 0 Å². The summed E-state index contributed by atoms with van der Waals surface area (Å²) in [6, 6.07) is 10.9. The third-order valence-corrected chi connectivity index (χ3v) is 5.95. The molecule has 29 heavy (non-hydrogen) atoms. The third-order valence-electron chi connectivity index (χ3n) is 5.95. The molecule has 0 bridgehead atoms. The molecule has 1 aromatic carbocycles. The highest BCUT2D eigenvalue weighted by Gasteiger charge is 2.40. The first-order chi connectivity index (χ1) is 13.8. The molecule has 1 saturated heterocycles. The van der Waals surface area contributed by atoms with Crippen molar-refractivity contribution in [2.24, 2.45) is 0 Å². The SMILES string of the molecule is Cc1ccc2c(n1)C(C)(C)CN2C(=O)NC1CCN(Cc2cccc(F)c2)CC1. The van der Waals surface area contributed by atoms with Crippen molar-refractivity contribution in [3.05, 3.63) is 59.2 Å². The number of carbonyl (C=O) groups excluding carboxylic acids is 1. The monoisotopic (exact) mass is 396 g/mol. The van der Waals surface area contributed by atoms with Crippen molar-refractivity contribution in [1.82, 2.24) is 15.2 Å². The minimum atomic E-state index is -0.192. The number of rotatable bonds is 3. The van der Waals surface area contributed by atoms with Gasteiger partial charge in [0.25, 0.3) is 0 Å². The first-order valence-electron chi connectivity index (χ1n) is 10.3. The number of amides is 2. The van der Waals surface area contributed by atoms with Gasteiger partial charge >= 0.3 is 6.03 Å². The van der Waals surface area contributed by atoms with Crippen LogP contribution in [0.15, 0.2) is 36.4 Å². The van der Waals surface area contributed by atoms with E-state index in [0.717, 1.165) is 55.1 Å². The molecule has 5 nitrogen and oxygen atoms in total. The Labute approximate surface area is 171 Å². The molecule has 1 N–H and O–H groups in total. The first-order valence-corrected chi connectivity index (χ1v) is 10.3. The summed E-state index contributed by atoms with van der Waals surface area (Å²) in [5.74, 6) is -0.192. The number of hydrogen-bond donors (Lipinski definition) is 1. The molecule has 0 saturated carbocycles. The summed E-state index contributed by atoms with van der Waals surface area (Å²) >= 11 is 0. The highest BCUT2D eigenvalue weighted by molar-refractivity contribution is 5.94. The number of carbonyl (C=O) groups is 1. The summed E-state index contributed by atoms with van der Waals surface area (Å²) < 4.78 is 13.4. The Morgan fingerprint density at radius 2 is 2.00 bits per heavy atom. The fourth-order valence-corrected chi connectivity index (χ4v) is 4.38. The van der Waals surface area contributed by atoms with E-state index in [4.69, 9.17) is 0 Å². The number of piperidine rings is 1. The van der Waals surface area contributed by atoms with Crippen molar-refractivity contribution >= 4 is 11.7 Å². The molecule has 2 aliphatic rings. The van der Waals surface area contributed by atoms with Gasteiger partial charge in [0.15, 0.2) is 0 Å². The summed E-state index contributed by atoms with van der Waals surface area (Å²) in [5.41, 5.74) is 3.74. The van der Waals surface area contributed by atoms with Crippen molar-refractivity contribution in [1.29, 1.82) is 0 Å². The second-order valence-electron chi connectivity index (χ2n) is 8.92. The van der Waals surface area contributed by atoms with E-state index in [1.165, 1.54) is 6.07 Å². The molecule has 3 heterocycles. The molecule has 2 aromatic rings. The van der Waals surface area contributed by atoms with Crippen molar-refractivity contribution < 1.29 is 9.18 Å². The van der Waals surface area contributed by atoms with Gasteiger partial charge in [-0.3, -0.25) is 14.8 Å². The lowest BCUT2D eigenvalue weighted by atomic mass is 9.91. The fourth-order valence-electron chi connectivity index (χ4n) is 4.38. The zero-order valence-electron chi connectivity index (χ0n) is 17.4. The van der Waals surface area contributed by atoms with Crippen LogP contribution in [0.3, 0.4) is 0 Å². The molecule has 1 aromatic heterocycles. The van der Waals surface area contributed by atoms with Crippen LogP contribution in [0.4, 0.5) is 14.9 Å². The number of aryl methyl sites for hydroxylation is 1. The van der Waals surface area contributed by atoms with Crippen molar-refractivity contribution in [3.63, 3.8) is 0 Å². The third kappa shape index (κ3) is 4.27. The first kappa shape index (κ1) is 19.8. The number of fused-ring (bicyclic) bond motifs is 1. The van der Waals surface area contributed by atoms with Crippen LogP contribution in [0, 0.1) is 12.7 Å². The molecule has 154 valence electrons. The Balaban J connectivity index is 1.34. The predicted octanol–water partition coefficient (Wildman–Crippen LogP) is 4.00. The summed E-state index contributed by atoms with van der Waals surface area (Å²) in [6.07, 6.45) is 1.80. The fraction of sp³-hybridized carbons (Fsp3) is 0.478. The average Bonchev–Trinajstić information content (AvgIpc) is 2.94. The Morgan fingerprint density at radius 3 is 2.72 bits per heavy atom. The average molecular weight is 397 g/mol. The quantitative estimate of drug-likeness (QED) is 0.853. The molecule has 2 amide bonds. The molecule has 1 fully saturated rings. The Hall–Kier alpha value is -2.47. The lowest BCUT2D eigenvalue weighted by molar-refractivity contribution is 0.188. The number of urea groups is 1. The van der Waals surface area contributed by atoms with Crippen LogP contribution < -0.4 is 10.2 Å². The summed E-state index contributed by atoms with van der Waals surface area (Å²) in [5, 5.41) is 3.22. The molecule has 6 heteroatoms. The van der Waals surface area contributed by atoms with E-state index in [0.29, 0.717) is 6.54 Å². The van der Waals surface area contributed by atoms with Gasteiger partial charge in [-0.1, -0.05) is 26.0 Å². The molecule has 0 unspecified atom stereocenters. The molecule has 4 rings (SSSR count). The number of nitrogens with one attached hydrogen (secondary N) is 1. The maximum atomic E-state index is 13.4. The maximum absolute atomic E-state index is 13.4. The number of hydrogen-bond acceptors (Lipinski definition) is 3. The van der Waals surface area contributed by atoms with Gasteiger partial charge in [0.1, 0.15) is 5.82 Å². The number of likely N-dealkylation sites (tertiary alicyclic amines) is 1. The van der Waals surface area contributed by atoms with Gasteiger partial charge in [0.05, 0.1) is 11.4 Å². The molecular weight excluding hydrogens is 367 g/mol.